The standard InChI is InChI=1S/C16H19F6NO2/c1-9(8-12(23)14(24)25-2)6-7-10-4-3-5-11(15(17,18)19)13(10)16(20,21)22/h3-5,9,12H,6-8,23H2,1-2H3. The highest BCUT2D eigenvalue weighted by molar-refractivity contribution is 5.75. The number of halogens is 6. The lowest BCUT2D eigenvalue weighted by Crippen LogP contribution is -2.33. The Hall–Kier alpha value is -1.77. The lowest BCUT2D eigenvalue weighted by atomic mass is 9.91. The maximum absolute atomic E-state index is 13.1. The summed E-state index contributed by atoms with van der Waals surface area (Å²) in [4.78, 5) is 11.2. The summed E-state index contributed by atoms with van der Waals surface area (Å²) in [5.74, 6) is -0.924. The number of carbonyl (C=O) groups excluding carboxylic acids is 1. The quantitative estimate of drug-likeness (QED) is 0.603. The Labute approximate surface area is 141 Å². The first-order valence-electron chi connectivity index (χ1n) is 7.47. The molecule has 0 aliphatic carbocycles. The molecule has 1 aromatic carbocycles. The van der Waals surface area contributed by atoms with E-state index in [0.717, 1.165) is 19.2 Å². The van der Waals surface area contributed by atoms with E-state index in [1.54, 1.807) is 6.92 Å². The minimum atomic E-state index is -5.12. The van der Waals surface area contributed by atoms with Crippen molar-refractivity contribution in [3.05, 3.63) is 34.9 Å². The largest absolute Gasteiger partial charge is 0.468 e. The van der Waals surface area contributed by atoms with Gasteiger partial charge in [0.05, 0.1) is 18.2 Å². The van der Waals surface area contributed by atoms with Gasteiger partial charge in [-0.05, 0) is 36.8 Å². The normalized spacial score (nSPS) is 14.9. The third-order valence-electron chi connectivity index (χ3n) is 3.81. The van der Waals surface area contributed by atoms with Crippen molar-refractivity contribution in [3.8, 4) is 0 Å². The number of benzene rings is 1. The Morgan fingerprint density at radius 1 is 1.16 bits per heavy atom. The maximum Gasteiger partial charge on any atom is 0.417 e. The average Bonchev–Trinajstić information content (AvgIpc) is 2.49. The van der Waals surface area contributed by atoms with Crippen LogP contribution in [0.4, 0.5) is 26.3 Å². The van der Waals surface area contributed by atoms with Crippen molar-refractivity contribution >= 4 is 5.97 Å². The topological polar surface area (TPSA) is 52.3 Å². The van der Waals surface area contributed by atoms with Gasteiger partial charge in [0.2, 0.25) is 0 Å². The van der Waals surface area contributed by atoms with Gasteiger partial charge in [-0.3, -0.25) is 4.79 Å². The SMILES string of the molecule is COC(=O)C(N)CC(C)CCc1cccc(C(F)(F)F)c1C(F)(F)F. The van der Waals surface area contributed by atoms with Crippen molar-refractivity contribution < 1.29 is 35.9 Å². The van der Waals surface area contributed by atoms with Crippen molar-refractivity contribution in [1.82, 2.24) is 0 Å². The first kappa shape index (κ1) is 21.3. The van der Waals surface area contributed by atoms with Crippen LogP contribution in [-0.4, -0.2) is 19.1 Å². The molecule has 0 saturated heterocycles. The van der Waals surface area contributed by atoms with Crippen LogP contribution in [0.3, 0.4) is 0 Å². The molecule has 142 valence electrons. The minimum absolute atomic E-state index is 0.148. The molecule has 0 bridgehead atoms. The summed E-state index contributed by atoms with van der Waals surface area (Å²) < 4.78 is 82.6. The summed E-state index contributed by atoms with van der Waals surface area (Å²) in [5, 5.41) is 0. The predicted octanol–water partition coefficient (Wildman–Crippen LogP) is 4.18. The number of nitrogens with two attached hydrogens (primary N) is 1. The number of aryl methyl sites for hydroxylation is 1. The average molecular weight is 371 g/mol. The molecule has 0 aromatic heterocycles. The number of hydrogen-bond donors (Lipinski definition) is 1. The summed E-state index contributed by atoms with van der Waals surface area (Å²) >= 11 is 0. The fraction of sp³-hybridized carbons (Fsp3) is 0.562. The maximum atomic E-state index is 13.1. The summed E-state index contributed by atoms with van der Waals surface area (Å²) in [6.07, 6.45) is -10.1. The number of hydrogen-bond acceptors (Lipinski definition) is 3. The molecule has 25 heavy (non-hydrogen) atoms. The van der Waals surface area contributed by atoms with Gasteiger partial charge in [-0.15, -0.1) is 0 Å². The van der Waals surface area contributed by atoms with Crippen LogP contribution in [0.15, 0.2) is 18.2 Å². The molecule has 0 aliphatic rings. The Kier molecular flexibility index (Phi) is 6.87. The van der Waals surface area contributed by atoms with Gasteiger partial charge < -0.3 is 10.5 Å². The predicted molar refractivity (Wildman–Crippen MR) is 78.5 cm³/mol. The van der Waals surface area contributed by atoms with Crippen LogP contribution in [0.2, 0.25) is 0 Å². The first-order chi connectivity index (χ1) is 11.4. The lowest BCUT2D eigenvalue weighted by Gasteiger charge is -2.20. The zero-order valence-corrected chi connectivity index (χ0v) is 13.7. The number of esters is 1. The van der Waals surface area contributed by atoms with Gasteiger partial charge in [-0.25, -0.2) is 0 Å². The number of alkyl halides is 6. The molecule has 0 amide bonds. The van der Waals surface area contributed by atoms with Gasteiger partial charge in [-0.2, -0.15) is 26.3 Å². The minimum Gasteiger partial charge on any atom is -0.468 e. The molecule has 0 spiro atoms. The van der Waals surface area contributed by atoms with Gasteiger partial charge in [0, 0.05) is 0 Å². The smallest absolute Gasteiger partial charge is 0.417 e. The number of carbonyl (C=O) groups is 1. The molecule has 2 N–H and O–H groups in total. The van der Waals surface area contributed by atoms with Gasteiger partial charge in [0.1, 0.15) is 6.04 Å². The van der Waals surface area contributed by atoms with Gasteiger partial charge in [-0.1, -0.05) is 19.1 Å². The van der Waals surface area contributed by atoms with E-state index in [4.69, 9.17) is 5.73 Å². The molecular formula is C16H19F6NO2. The van der Waals surface area contributed by atoms with Crippen molar-refractivity contribution in [3.63, 3.8) is 0 Å². The second-order valence-electron chi connectivity index (χ2n) is 5.84. The van der Waals surface area contributed by atoms with Crippen LogP contribution in [0.25, 0.3) is 0 Å². The molecule has 0 saturated carbocycles. The van der Waals surface area contributed by atoms with Crippen molar-refractivity contribution in [2.24, 2.45) is 11.7 Å². The van der Waals surface area contributed by atoms with E-state index >= 15 is 0 Å². The summed E-state index contributed by atoms with van der Waals surface area (Å²) in [6, 6.07) is 1.48. The van der Waals surface area contributed by atoms with Gasteiger partial charge in [0.15, 0.2) is 0 Å². The second kappa shape index (κ2) is 8.07. The first-order valence-corrected chi connectivity index (χ1v) is 7.47. The zero-order chi connectivity index (χ0) is 19.4. The third kappa shape index (κ3) is 5.91. The highest BCUT2D eigenvalue weighted by atomic mass is 19.4. The van der Waals surface area contributed by atoms with E-state index in [-0.39, 0.29) is 25.2 Å². The Balaban J connectivity index is 2.98. The van der Waals surface area contributed by atoms with Crippen molar-refractivity contribution in [1.29, 1.82) is 0 Å². The molecule has 2 atom stereocenters. The van der Waals surface area contributed by atoms with Crippen molar-refractivity contribution in [2.75, 3.05) is 7.11 Å². The molecule has 3 nitrogen and oxygen atoms in total. The molecule has 1 rings (SSSR count). The van der Waals surface area contributed by atoms with E-state index in [9.17, 15) is 31.1 Å². The number of rotatable bonds is 6. The summed E-state index contributed by atoms with van der Waals surface area (Å²) in [5.41, 5.74) is 1.79. The zero-order valence-electron chi connectivity index (χ0n) is 13.7. The monoisotopic (exact) mass is 371 g/mol. The third-order valence-corrected chi connectivity index (χ3v) is 3.81. The van der Waals surface area contributed by atoms with Crippen molar-refractivity contribution in [2.45, 2.75) is 44.6 Å². The molecule has 1 aromatic rings. The van der Waals surface area contributed by atoms with Gasteiger partial charge >= 0.3 is 18.3 Å². The highest BCUT2D eigenvalue weighted by Crippen LogP contribution is 2.42. The number of ether oxygens (including phenoxy) is 1. The van der Waals surface area contributed by atoms with Crippen LogP contribution in [-0.2, 0) is 28.3 Å². The van der Waals surface area contributed by atoms with E-state index < -0.39 is 41.1 Å². The molecular weight excluding hydrogens is 352 g/mol. The Bertz CT molecular complexity index is 597. The Morgan fingerprint density at radius 3 is 2.24 bits per heavy atom. The van der Waals surface area contributed by atoms with Crippen LogP contribution >= 0.6 is 0 Å². The summed E-state index contributed by atoms with van der Waals surface area (Å²) in [7, 11) is 1.16. The fourth-order valence-electron chi connectivity index (χ4n) is 2.58. The fourth-order valence-corrected chi connectivity index (χ4v) is 2.58. The summed E-state index contributed by atoms with van der Waals surface area (Å²) in [6.45, 7) is 1.66. The number of methoxy groups -OCH3 is 1. The van der Waals surface area contributed by atoms with Gasteiger partial charge in [0.25, 0.3) is 0 Å². The molecule has 0 heterocycles. The van der Waals surface area contributed by atoms with Crippen LogP contribution < -0.4 is 5.73 Å². The van der Waals surface area contributed by atoms with E-state index in [0.29, 0.717) is 6.07 Å². The molecule has 9 heteroatoms. The van der Waals surface area contributed by atoms with E-state index in [2.05, 4.69) is 4.74 Å². The molecule has 0 radical (unpaired) electrons. The highest BCUT2D eigenvalue weighted by Gasteiger charge is 2.44. The van der Waals surface area contributed by atoms with Crippen LogP contribution in [0.5, 0.6) is 0 Å². The lowest BCUT2D eigenvalue weighted by molar-refractivity contribution is -0.162. The molecule has 2 unspecified atom stereocenters. The Morgan fingerprint density at radius 2 is 1.76 bits per heavy atom. The van der Waals surface area contributed by atoms with Crippen LogP contribution in [0.1, 0.15) is 36.5 Å². The second-order valence-corrected chi connectivity index (χ2v) is 5.84. The molecule has 0 fully saturated rings. The molecule has 0 aliphatic heterocycles. The van der Waals surface area contributed by atoms with E-state index in [1.165, 1.54) is 0 Å². The van der Waals surface area contributed by atoms with Crippen LogP contribution in [0, 0.1) is 5.92 Å². The van der Waals surface area contributed by atoms with E-state index in [1.807, 2.05) is 0 Å².